The molecule has 3 nitrogen and oxygen atoms in total. The quantitative estimate of drug-likeness (QED) is 0.841. The minimum absolute atomic E-state index is 0.0865. The number of benzene rings is 1. The van der Waals surface area contributed by atoms with Crippen LogP contribution in [0.3, 0.4) is 0 Å². The first-order valence-electron chi connectivity index (χ1n) is 6.91. The number of nitrogens with zero attached hydrogens (tertiary/aromatic N) is 1. The van der Waals surface area contributed by atoms with E-state index in [0.717, 1.165) is 25.9 Å². The second kappa shape index (κ2) is 6.53. The van der Waals surface area contributed by atoms with Gasteiger partial charge in [-0.25, -0.2) is 0 Å². The van der Waals surface area contributed by atoms with Crippen molar-refractivity contribution in [1.82, 2.24) is 4.90 Å². The Labute approximate surface area is 115 Å². The van der Waals surface area contributed by atoms with Gasteiger partial charge in [0.1, 0.15) is 0 Å². The monoisotopic (exact) mass is 258 g/mol. The molecule has 1 heterocycles. The van der Waals surface area contributed by atoms with Crippen LogP contribution < -0.4 is 5.73 Å². The summed E-state index contributed by atoms with van der Waals surface area (Å²) in [6.45, 7) is 3.60. The first-order chi connectivity index (χ1) is 9.16. The highest BCUT2D eigenvalue weighted by molar-refractivity contribution is 5.82. The summed E-state index contributed by atoms with van der Waals surface area (Å²) in [7, 11) is 0. The maximum Gasteiger partial charge on any atom is 0.239 e. The lowest BCUT2D eigenvalue weighted by molar-refractivity contribution is -0.132. The van der Waals surface area contributed by atoms with Gasteiger partial charge in [-0.15, -0.1) is 0 Å². The molecule has 0 unspecified atom stereocenters. The molecule has 1 aromatic rings. The van der Waals surface area contributed by atoms with Crippen LogP contribution in [0.5, 0.6) is 0 Å². The van der Waals surface area contributed by atoms with Gasteiger partial charge in [0.25, 0.3) is 0 Å². The Morgan fingerprint density at radius 3 is 2.79 bits per heavy atom. The smallest absolute Gasteiger partial charge is 0.239 e. The van der Waals surface area contributed by atoms with Crippen molar-refractivity contribution in [2.24, 2.45) is 5.73 Å². The van der Waals surface area contributed by atoms with Gasteiger partial charge in [0, 0.05) is 13.1 Å². The molecule has 0 saturated carbocycles. The summed E-state index contributed by atoms with van der Waals surface area (Å²) in [5.41, 5.74) is 8.53. The van der Waals surface area contributed by atoms with E-state index in [1.165, 1.54) is 11.1 Å². The van der Waals surface area contributed by atoms with Gasteiger partial charge in [-0.05, 0) is 31.7 Å². The topological polar surface area (TPSA) is 46.3 Å². The van der Waals surface area contributed by atoms with Gasteiger partial charge < -0.3 is 10.6 Å². The predicted octanol–water partition coefficient (Wildman–Crippen LogP) is 2.13. The predicted molar refractivity (Wildman–Crippen MR) is 77.7 cm³/mol. The zero-order chi connectivity index (χ0) is 13.7. The molecule has 3 heteroatoms. The standard InChI is InChI=1S/C16H22N2O/c1-13-6-5-11-18(12-13)16(19)15(17)10-9-14-7-3-2-4-8-14/h2-4,6-8,15H,5,9-12,17H2,1H3/t15-/m0/s1. The van der Waals surface area contributed by atoms with Crippen molar-refractivity contribution in [3.8, 4) is 0 Å². The molecule has 0 aliphatic carbocycles. The lowest BCUT2D eigenvalue weighted by Gasteiger charge is -2.28. The third-order valence-corrected chi connectivity index (χ3v) is 3.55. The molecule has 0 aromatic heterocycles. The molecule has 0 fully saturated rings. The molecule has 0 radical (unpaired) electrons. The van der Waals surface area contributed by atoms with Gasteiger partial charge in [-0.2, -0.15) is 0 Å². The maximum atomic E-state index is 12.2. The van der Waals surface area contributed by atoms with Crippen LogP contribution in [-0.2, 0) is 11.2 Å². The van der Waals surface area contributed by atoms with E-state index in [4.69, 9.17) is 5.73 Å². The first-order valence-corrected chi connectivity index (χ1v) is 6.91. The third-order valence-electron chi connectivity index (χ3n) is 3.55. The van der Waals surface area contributed by atoms with E-state index < -0.39 is 0 Å². The number of amides is 1. The second-order valence-electron chi connectivity index (χ2n) is 5.23. The van der Waals surface area contributed by atoms with Crippen LogP contribution in [0.25, 0.3) is 0 Å². The molecular formula is C16H22N2O. The first kappa shape index (κ1) is 13.8. The number of rotatable bonds is 4. The molecule has 2 N–H and O–H groups in total. The molecule has 0 spiro atoms. The summed E-state index contributed by atoms with van der Waals surface area (Å²) in [5.74, 6) is 0.0865. The Bertz CT molecular complexity index is 453. The van der Waals surface area contributed by atoms with Crippen molar-refractivity contribution in [2.75, 3.05) is 13.1 Å². The zero-order valence-electron chi connectivity index (χ0n) is 11.5. The summed E-state index contributed by atoms with van der Waals surface area (Å²) in [5, 5.41) is 0. The fourth-order valence-electron chi connectivity index (χ4n) is 2.42. The van der Waals surface area contributed by atoms with Gasteiger partial charge in [0.2, 0.25) is 5.91 Å². The average molecular weight is 258 g/mol. The molecule has 1 amide bonds. The summed E-state index contributed by atoms with van der Waals surface area (Å²) < 4.78 is 0. The Kier molecular flexibility index (Phi) is 4.74. The molecule has 1 aliphatic heterocycles. The van der Waals surface area contributed by atoms with Crippen LogP contribution in [0, 0.1) is 0 Å². The molecule has 0 bridgehead atoms. The number of nitrogens with two attached hydrogens (primary N) is 1. The Morgan fingerprint density at radius 1 is 1.37 bits per heavy atom. The van der Waals surface area contributed by atoms with E-state index in [2.05, 4.69) is 25.1 Å². The van der Waals surface area contributed by atoms with Crippen molar-refractivity contribution in [3.63, 3.8) is 0 Å². The SMILES string of the molecule is CC1=CCCN(C(=O)[C@@H](N)CCc2ccccc2)C1. The highest BCUT2D eigenvalue weighted by Gasteiger charge is 2.22. The van der Waals surface area contributed by atoms with Crippen LogP contribution >= 0.6 is 0 Å². The normalized spacial score (nSPS) is 16.9. The lowest BCUT2D eigenvalue weighted by Crippen LogP contribution is -2.46. The molecule has 0 saturated heterocycles. The summed E-state index contributed by atoms with van der Waals surface area (Å²) in [6.07, 6.45) is 4.71. The number of hydrogen-bond donors (Lipinski definition) is 1. The summed E-state index contributed by atoms with van der Waals surface area (Å²) in [6, 6.07) is 9.79. The fraction of sp³-hybridized carbons (Fsp3) is 0.438. The van der Waals surface area contributed by atoms with E-state index in [1.54, 1.807) is 0 Å². The fourth-order valence-corrected chi connectivity index (χ4v) is 2.42. The van der Waals surface area contributed by atoms with E-state index >= 15 is 0 Å². The van der Waals surface area contributed by atoms with Crippen molar-refractivity contribution in [1.29, 1.82) is 0 Å². The minimum atomic E-state index is -0.383. The van der Waals surface area contributed by atoms with Crippen LogP contribution in [0.15, 0.2) is 42.0 Å². The van der Waals surface area contributed by atoms with Gasteiger partial charge >= 0.3 is 0 Å². The van der Waals surface area contributed by atoms with E-state index in [-0.39, 0.29) is 11.9 Å². The van der Waals surface area contributed by atoms with Crippen molar-refractivity contribution in [3.05, 3.63) is 47.5 Å². The van der Waals surface area contributed by atoms with Crippen LogP contribution in [-0.4, -0.2) is 29.9 Å². The van der Waals surface area contributed by atoms with Crippen molar-refractivity contribution < 1.29 is 4.79 Å². The number of carbonyl (C=O) groups is 1. The minimum Gasteiger partial charge on any atom is -0.337 e. The molecular weight excluding hydrogens is 236 g/mol. The average Bonchev–Trinajstić information content (AvgIpc) is 2.45. The summed E-state index contributed by atoms with van der Waals surface area (Å²) >= 11 is 0. The van der Waals surface area contributed by atoms with E-state index in [0.29, 0.717) is 6.42 Å². The lowest BCUT2D eigenvalue weighted by atomic mass is 10.0. The highest BCUT2D eigenvalue weighted by Crippen LogP contribution is 2.12. The molecule has 1 aliphatic rings. The number of aryl methyl sites for hydroxylation is 1. The second-order valence-corrected chi connectivity index (χ2v) is 5.23. The number of hydrogen-bond acceptors (Lipinski definition) is 2. The molecule has 1 atom stereocenters. The Balaban J connectivity index is 1.84. The third kappa shape index (κ3) is 3.93. The Morgan fingerprint density at radius 2 is 2.11 bits per heavy atom. The van der Waals surface area contributed by atoms with Gasteiger partial charge in [-0.1, -0.05) is 42.0 Å². The molecule has 102 valence electrons. The van der Waals surface area contributed by atoms with Gasteiger partial charge in [-0.3, -0.25) is 4.79 Å². The largest absolute Gasteiger partial charge is 0.337 e. The van der Waals surface area contributed by atoms with Crippen LogP contribution in [0.2, 0.25) is 0 Å². The maximum absolute atomic E-state index is 12.2. The highest BCUT2D eigenvalue weighted by atomic mass is 16.2. The molecule has 19 heavy (non-hydrogen) atoms. The number of carbonyl (C=O) groups excluding carboxylic acids is 1. The van der Waals surface area contributed by atoms with E-state index in [9.17, 15) is 4.79 Å². The van der Waals surface area contributed by atoms with Gasteiger partial charge in [0.05, 0.1) is 6.04 Å². The molecule has 2 rings (SSSR count). The van der Waals surface area contributed by atoms with Crippen molar-refractivity contribution >= 4 is 5.91 Å². The van der Waals surface area contributed by atoms with Gasteiger partial charge in [0.15, 0.2) is 0 Å². The summed E-state index contributed by atoms with van der Waals surface area (Å²) in [4.78, 5) is 14.1. The van der Waals surface area contributed by atoms with E-state index in [1.807, 2.05) is 23.1 Å². The Hall–Kier alpha value is -1.61. The van der Waals surface area contributed by atoms with Crippen molar-refractivity contribution in [2.45, 2.75) is 32.2 Å². The van der Waals surface area contributed by atoms with Crippen LogP contribution in [0.1, 0.15) is 25.3 Å². The zero-order valence-corrected chi connectivity index (χ0v) is 11.5. The molecule has 1 aromatic carbocycles. The van der Waals surface area contributed by atoms with Crippen LogP contribution in [0.4, 0.5) is 0 Å².